The van der Waals surface area contributed by atoms with Crippen LogP contribution in [0.4, 0.5) is 5.69 Å². The van der Waals surface area contributed by atoms with E-state index < -0.39 is 0 Å². The van der Waals surface area contributed by atoms with E-state index in [2.05, 4.69) is 15.6 Å². The molecule has 8 heteroatoms. The van der Waals surface area contributed by atoms with Gasteiger partial charge in [0, 0.05) is 23.9 Å². The van der Waals surface area contributed by atoms with E-state index in [1.54, 1.807) is 37.5 Å². The Morgan fingerprint density at radius 1 is 1.11 bits per heavy atom. The second-order valence-electron chi connectivity index (χ2n) is 5.68. The van der Waals surface area contributed by atoms with Crippen LogP contribution in [0.1, 0.15) is 10.4 Å². The zero-order chi connectivity index (χ0) is 19.2. The number of carbonyl (C=O) groups excluding carboxylic acids is 2. The van der Waals surface area contributed by atoms with Gasteiger partial charge in [0.25, 0.3) is 5.91 Å². The van der Waals surface area contributed by atoms with Gasteiger partial charge < -0.3 is 16.5 Å². The van der Waals surface area contributed by atoms with Gasteiger partial charge in [-0.05, 0) is 24.3 Å². The topological polar surface area (TPSA) is 102 Å². The summed E-state index contributed by atoms with van der Waals surface area (Å²) in [7, 11) is 1.57. The van der Waals surface area contributed by atoms with E-state index in [1.807, 2.05) is 30.3 Å². The maximum atomic E-state index is 12.2. The fourth-order valence-corrected chi connectivity index (χ4v) is 3.10. The third-order valence-corrected chi connectivity index (χ3v) is 4.73. The minimum absolute atomic E-state index is 0.166. The van der Waals surface area contributed by atoms with Gasteiger partial charge in [-0.15, -0.1) is 0 Å². The molecule has 0 aliphatic carbocycles. The molecule has 1 heterocycles. The van der Waals surface area contributed by atoms with Crippen molar-refractivity contribution in [3.05, 3.63) is 66.4 Å². The number of hydrogen-bond acceptors (Lipinski definition) is 5. The average molecular weight is 381 g/mol. The SMILES string of the molecule is CNC(=O)c1ccc(NC(=O)CSc2nc(-c3ccccc3)cn2N)cc1. The van der Waals surface area contributed by atoms with Crippen LogP contribution in [0.25, 0.3) is 11.3 Å². The van der Waals surface area contributed by atoms with Gasteiger partial charge >= 0.3 is 0 Å². The molecule has 2 amide bonds. The monoisotopic (exact) mass is 381 g/mol. The Hall–Kier alpha value is -3.26. The number of nitrogen functional groups attached to an aromatic ring is 1. The Labute approximate surface area is 161 Å². The Balaban J connectivity index is 1.58. The minimum atomic E-state index is -0.183. The van der Waals surface area contributed by atoms with Crippen LogP contribution in [0.5, 0.6) is 0 Å². The van der Waals surface area contributed by atoms with E-state index in [1.165, 1.54) is 16.4 Å². The highest BCUT2D eigenvalue weighted by Gasteiger charge is 2.11. The molecule has 3 aromatic rings. The van der Waals surface area contributed by atoms with Gasteiger partial charge in [0.1, 0.15) is 0 Å². The molecule has 0 unspecified atom stereocenters. The molecule has 27 heavy (non-hydrogen) atoms. The smallest absolute Gasteiger partial charge is 0.251 e. The lowest BCUT2D eigenvalue weighted by molar-refractivity contribution is -0.113. The molecule has 0 spiro atoms. The number of nitrogens with zero attached hydrogens (tertiary/aromatic N) is 2. The van der Waals surface area contributed by atoms with E-state index in [0.717, 1.165) is 11.3 Å². The number of thioether (sulfide) groups is 1. The Bertz CT molecular complexity index is 938. The predicted molar refractivity (Wildman–Crippen MR) is 107 cm³/mol. The molecule has 0 fully saturated rings. The normalized spacial score (nSPS) is 10.4. The molecule has 2 aromatic carbocycles. The fraction of sp³-hybridized carbons (Fsp3) is 0.105. The van der Waals surface area contributed by atoms with Crippen molar-refractivity contribution >= 4 is 29.3 Å². The van der Waals surface area contributed by atoms with E-state index in [0.29, 0.717) is 16.4 Å². The number of nitrogens with one attached hydrogen (secondary N) is 2. The molecule has 0 aliphatic heterocycles. The minimum Gasteiger partial charge on any atom is -0.355 e. The standard InChI is InChI=1S/C19H19N5O2S/c1-21-18(26)14-7-9-15(10-8-14)22-17(25)12-27-19-23-16(11-24(19)20)13-5-3-2-4-6-13/h2-11H,12,20H2,1H3,(H,21,26)(H,22,25). The molecule has 0 atom stereocenters. The van der Waals surface area contributed by atoms with Crippen molar-refractivity contribution in [1.29, 1.82) is 0 Å². The first-order valence-electron chi connectivity index (χ1n) is 8.21. The molecular formula is C19H19N5O2S. The number of carbonyl (C=O) groups is 2. The van der Waals surface area contributed by atoms with Crippen LogP contribution in [0, 0.1) is 0 Å². The van der Waals surface area contributed by atoms with Crippen LogP contribution in [0.15, 0.2) is 66.0 Å². The van der Waals surface area contributed by atoms with E-state index in [-0.39, 0.29) is 17.6 Å². The summed E-state index contributed by atoms with van der Waals surface area (Å²) < 4.78 is 1.42. The number of hydrogen-bond donors (Lipinski definition) is 3. The number of benzene rings is 2. The summed E-state index contributed by atoms with van der Waals surface area (Å²) in [5, 5.41) is 5.89. The lowest BCUT2D eigenvalue weighted by Gasteiger charge is -2.06. The van der Waals surface area contributed by atoms with Crippen molar-refractivity contribution in [2.75, 3.05) is 24.0 Å². The van der Waals surface area contributed by atoms with Crippen molar-refractivity contribution in [2.24, 2.45) is 0 Å². The molecule has 0 radical (unpaired) electrons. The molecule has 4 N–H and O–H groups in total. The van der Waals surface area contributed by atoms with Crippen molar-refractivity contribution in [2.45, 2.75) is 5.16 Å². The van der Waals surface area contributed by atoms with E-state index in [9.17, 15) is 9.59 Å². The first-order chi connectivity index (χ1) is 13.1. The summed E-state index contributed by atoms with van der Waals surface area (Å²) in [6, 6.07) is 16.4. The number of amides is 2. The second-order valence-corrected chi connectivity index (χ2v) is 6.62. The van der Waals surface area contributed by atoms with Crippen molar-refractivity contribution in [3.63, 3.8) is 0 Å². The van der Waals surface area contributed by atoms with Gasteiger partial charge in [-0.1, -0.05) is 42.1 Å². The maximum Gasteiger partial charge on any atom is 0.251 e. The van der Waals surface area contributed by atoms with Crippen LogP contribution in [-0.4, -0.2) is 34.3 Å². The summed E-state index contributed by atoms with van der Waals surface area (Å²) >= 11 is 1.25. The van der Waals surface area contributed by atoms with Gasteiger partial charge in [-0.3, -0.25) is 9.59 Å². The largest absolute Gasteiger partial charge is 0.355 e. The molecule has 0 saturated heterocycles. The number of anilines is 1. The molecule has 138 valence electrons. The Morgan fingerprint density at radius 3 is 2.48 bits per heavy atom. The molecular weight excluding hydrogens is 362 g/mol. The van der Waals surface area contributed by atoms with Gasteiger partial charge in [0.15, 0.2) is 5.16 Å². The average Bonchev–Trinajstić information content (AvgIpc) is 3.08. The lowest BCUT2D eigenvalue weighted by atomic mass is 10.2. The molecule has 0 saturated carbocycles. The molecule has 0 bridgehead atoms. The number of rotatable bonds is 6. The summed E-state index contributed by atoms with van der Waals surface area (Å²) in [4.78, 5) is 28.2. The van der Waals surface area contributed by atoms with Gasteiger partial charge in [-0.25, -0.2) is 9.66 Å². The third-order valence-electron chi connectivity index (χ3n) is 3.76. The van der Waals surface area contributed by atoms with Crippen LogP contribution in [0.2, 0.25) is 0 Å². The van der Waals surface area contributed by atoms with Gasteiger partial charge in [0.05, 0.1) is 17.6 Å². The highest BCUT2D eigenvalue weighted by molar-refractivity contribution is 7.99. The van der Waals surface area contributed by atoms with E-state index >= 15 is 0 Å². The molecule has 1 aromatic heterocycles. The van der Waals surface area contributed by atoms with Crippen molar-refractivity contribution in [3.8, 4) is 11.3 Å². The number of imidazole rings is 1. The van der Waals surface area contributed by atoms with Crippen molar-refractivity contribution < 1.29 is 9.59 Å². The highest BCUT2D eigenvalue weighted by atomic mass is 32.2. The van der Waals surface area contributed by atoms with Crippen LogP contribution in [-0.2, 0) is 4.79 Å². The Morgan fingerprint density at radius 2 is 1.81 bits per heavy atom. The summed E-state index contributed by atoms with van der Waals surface area (Å²) in [5.41, 5.74) is 2.87. The van der Waals surface area contributed by atoms with Gasteiger partial charge in [-0.2, -0.15) is 0 Å². The lowest BCUT2D eigenvalue weighted by Crippen LogP contribution is -2.18. The van der Waals surface area contributed by atoms with Crippen LogP contribution in [0.3, 0.4) is 0 Å². The summed E-state index contributed by atoms with van der Waals surface area (Å²) in [5.74, 6) is 5.75. The number of aromatic nitrogens is 2. The first kappa shape index (κ1) is 18.5. The fourth-order valence-electron chi connectivity index (χ4n) is 2.41. The molecule has 0 aliphatic rings. The van der Waals surface area contributed by atoms with Crippen LogP contribution >= 0.6 is 11.8 Å². The van der Waals surface area contributed by atoms with E-state index in [4.69, 9.17) is 5.84 Å². The zero-order valence-electron chi connectivity index (χ0n) is 14.7. The zero-order valence-corrected chi connectivity index (χ0v) is 15.5. The van der Waals surface area contributed by atoms with Crippen LogP contribution < -0.4 is 16.5 Å². The number of nitrogens with two attached hydrogens (primary N) is 1. The van der Waals surface area contributed by atoms with Gasteiger partial charge in [0.2, 0.25) is 5.91 Å². The molecule has 3 rings (SSSR count). The predicted octanol–water partition coefficient (Wildman–Crippen LogP) is 2.35. The first-order valence-corrected chi connectivity index (χ1v) is 9.20. The third kappa shape index (κ3) is 4.68. The quantitative estimate of drug-likeness (QED) is 0.449. The van der Waals surface area contributed by atoms with Crippen molar-refractivity contribution in [1.82, 2.24) is 15.0 Å². The second kappa shape index (κ2) is 8.41. The molecule has 7 nitrogen and oxygen atoms in total. The maximum absolute atomic E-state index is 12.2. The summed E-state index contributed by atoms with van der Waals surface area (Å²) in [6.07, 6.45) is 1.73. The Kier molecular flexibility index (Phi) is 5.77. The summed E-state index contributed by atoms with van der Waals surface area (Å²) in [6.45, 7) is 0. The highest BCUT2D eigenvalue weighted by Crippen LogP contribution is 2.22.